The van der Waals surface area contributed by atoms with Crippen LogP contribution in [0.4, 0.5) is 15.8 Å². The first-order chi connectivity index (χ1) is 12.3. The summed E-state index contributed by atoms with van der Waals surface area (Å²) in [6.45, 7) is 2.20. The Morgan fingerprint density at radius 2 is 2.04 bits per heavy atom. The van der Waals surface area contributed by atoms with E-state index < -0.39 is 22.8 Å². The zero-order valence-electron chi connectivity index (χ0n) is 14.5. The van der Waals surface area contributed by atoms with E-state index in [-0.39, 0.29) is 28.9 Å². The number of nitrogens with zero attached hydrogens (tertiary/aromatic N) is 1. The fraction of sp³-hybridized carbons (Fsp3) is 0.444. The smallest absolute Gasteiger partial charge is 0.341 e. The standard InChI is InChI=1S/C18H22FN3O4/c1-2-22-8-11(18(25)26)17(24)14-13(22)7-12(15(19)16(14)20)21-9-3-5-10(23)6-4-9/h7-10,21,23H,2-6,20H2,1H3,(H,25,26)/t9-,10-. The Bertz CT molecular complexity index is 917. The number of hydrogen-bond donors (Lipinski definition) is 4. The minimum Gasteiger partial charge on any atom is -0.477 e. The minimum absolute atomic E-state index is 0.00448. The van der Waals surface area contributed by atoms with Gasteiger partial charge in [0, 0.05) is 18.8 Å². The average molecular weight is 363 g/mol. The summed E-state index contributed by atoms with van der Waals surface area (Å²) in [6, 6.07) is 1.51. The second kappa shape index (κ2) is 6.95. The number of rotatable bonds is 4. The summed E-state index contributed by atoms with van der Waals surface area (Å²) in [7, 11) is 0. The second-order valence-corrected chi connectivity index (χ2v) is 6.66. The summed E-state index contributed by atoms with van der Waals surface area (Å²) in [6.07, 6.45) is 3.63. The monoisotopic (exact) mass is 363 g/mol. The lowest BCUT2D eigenvalue weighted by Crippen LogP contribution is -2.29. The van der Waals surface area contributed by atoms with Gasteiger partial charge in [-0.15, -0.1) is 0 Å². The second-order valence-electron chi connectivity index (χ2n) is 6.66. The SMILES string of the molecule is CCn1cc(C(=O)O)c(=O)c2c(N)c(F)c(N[C@H]3CC[C@H](O)CC3)cc21. The molecule has 140 valence electrons. The van der Waals surface area contributed by atoms with Crippen molar-refractivity contribution in [2.75, 3.05) is 11.1 Å². The largest absolute Gasteiger partial charge is 0.477 e. The molecule has 1 aliphatic carbocycles. The summed E-state index contributed by atoms with van der Waals surface area (Å²) in [5.41, 5.74) is 4.87. The van der Waals surface area contributed by atoms with Crippen molar-refractivity contribution in [1.82, 2.24) is 4.57 Å². The number of aliphatic hydroxyl groups is 1. The molecule has 1 aromatic heterocycles. The molecule has 0 amide bonds. The Labute approximate surface area is 149 Å². The highest BCUT2D eigenvalue weighted by Gasteiger charge is 2.23. The van der Waals surface area contributed by atoms with Crippen molar-refractivity contribution in [3.8, 4) is 0 Å². The maximum absolute atomic E-state index is 14.8. The molecule has 0 aliphatic heterocycles. The number of nitrogens with one attached hydrogen (secondary N) is 1. The lowest BCUT2D eigenvalue weighted by Gasteiger charge is -2.27. The molecule has 0 radical (unpaired) electrons. The molecule has 1 heterocycles. The lowest BCUT2D eigenvalue weighted by molar-refractivity contribution is 0.0695. The van der Waals surface area contributed by atoms with E-state index in [4.69, 9.17) is 5.73 Å². The number of aromatic nitrogens is 1. The molecule has 1 saturated carbocycles. The van der Waals surface area contributed by atoms with Gasteiger partial charge in [0.2, 0.25) is 5.43 Å². The van der Waals surface area contributed by atoms with Crippen molar-refractivity contribution in [3.63, 3.8) is 0 Å². The van der Waals surface area contributed by atoms with Crippen LogP contribution < -0.4 is 16.5 Å². The number of nitrogen functional groups attached to an aromatic ring is 1. The van der Waals surface area contributed by atoms with Gasteiger partial charge in [0.15, 0.2) is 5.82 Å². The molecule has 0 bridgehead atoms. The third kappa shape index (κ3) is 3.12. The molecular weight excluding hydrogens is 341 g/mol. The van der Waals surface area contributed by atoms with Gasteiger partial charge in [0.05, 0.1) is 28.4 Å². The van der Waals surface area contributed by atoms with Gasteiger partial charge in [-0.2, -0.15) is 0 Å². The molecule has 7 nitrogen and oxygen atoms in total. The van der Waals surface area contributed by atoms with E-state index in [1.54, 1.807) is 11.5 Å². The number of anilines is 2. The molecule has 26 heavy (non-hydrogen) atoms. The third-order valence-corrected chi connectivity index (χ3v) is 4.97. The topological polar surface area (TPSA) is 118 Å². The first-order valence-corrected chi connectivity index (χ1v) is 8.66. The molecule has 5 N–H and O–H groups in total. The molecule has 1 aromatic carbocycles. The van der Waals surface area contributed by atoms with Gasteiger partial charge in [-0.3, -0.25) is 4.79 Å². The highest BCUT2D eigenvalue weighted by Crippen LogP contribution is 2.31. The van der Waals surface area contributed by atoms with Gasteiger partial charge in [0.1, 0.15) is 5.56 Å². The van der Waals surface area contributed by atoms with E-state index in [2.05, 4.69) is 5.32 Å². The lowest BCUT2D eigenvalue weighted by atomic mass is 9.93. The van der Waals surface area contributed by atoms with Crippen LogP contribution in [0.1, 0.15) is 43.0 Å². The van der Waals surface area contributed by atoms with Crippen LogP contribution in [-0.2, 0) is 6.54 Å². The number of halogens is 1. The number of aliphatic hydroxyl groups excluding tert-OH is 1. The van der Waals surface area contributed by atoms with Crippen LogP contribution in [0.25, 0.3) is 10.9 Å². The average Bonchev–Trinajstić information content (AvgIpc) is 2.61. The molecular formula is C18H22FN3O4. The number of pyridine rings is 1. The quantitative estimate of drug-likeness (QED) is 0.618. The van der Waals surface area contributed by atoms with Gasteiger partial charge in [0.25, 0.3) is 0 Å². The molecule has 0 spiro atoms. The van der Waals surface area contributed by atoms with E-state index in [0.29, 0.717) is 37.7 Å². The number of fused-ring (bicyclic) bond motifs is 1. The fourth-order valence-corrected chi connectivity index (χ4v) is 3.51. The molecule has 2 aromatic rings. The number of carboxylic acids is 1. The highest BCUT2D eigenvalue weighted by molar-refractivity contribution is 5.99. The van der Waals surface area contributed by atoms with Crippen LogP contribution in [0.2, 0.25) is 0 Å². The highest BCUT2D eigenvalue weighted by atomic mass is 19.1. The van der Waals surface area contributed by atoms with Crippen molar-refractivity contribution >= 4 is 28.2 Å². The molecule has 1 aliphatic rings. The number of hydrogen-bond acceptors (Lipinski definition) is 5. The van der Waals surface area contributed by atoms with Gasteiger partial charge >= 0.3 is 5.97 Å². The summed E-state index contributed by atoms with van der Waals surface area (Å²) < 4.78 is 16.4. The van der Waals surface area contributed by atoms with Crippen molar-refractivity contribution < 1.29 is 19.4 Å². The Kier molecular flexibility index (Phi) is 4.86. The number of aromatic carboxylic acids is 1. The van der Waals surface area contributed by atoms with E-state index in [0.717, 1.165) is 0 Å². The Morgan fingerprint density at radius 1 is 1.38 bits per heavy atom. The van der Waals surface area contributed by atoms with Gasteiger partial charge in [-0.1, -0.05) is 0 Å². The van der Waals surface area contributed by atoms with Crippen molar-refractivity contribution in [2.24, 2.45) is 0 Å². The maximum Gasteiger partial charge on any atom is 0.341 e. The van der Waals surface area contributed by atoms with Gasteiger partial charge in [-0.05, 0) is 38.7 Å². The zero-order chi connectivity index (χ0) is 19.0. The molecule has 8 heteroatoms. The number of nitrogens with two attached hydrogens (primary N) is 1. The summed E-state index contributed by atoms with van der Waals surface area (Å²) in [4.78, 5) is 23.8. The van der Waals surface area contributed by atoms with Crippen molar-refractivity contribution in [2.45, 2.75) is 51.3 Å². The third-order valence-electron chi connectivity index (χ3n) is 4.97. The maximum atomic E-state index is 14.8. The number of benzene rings is 1. The summed E-state index contributed by atoms with van der Waals surface area (Å²) in [5, 5.41) is 21.8. The van der Waals surface area contributed by atoms with Crippen LogP contribution >= 0.6 is 0 Å². The predicted molar refractivity (Wildman–Crippen MR) is 97.1 cm³/mol. The molecule has 0 atom stereocenters. The van der Waals surface area contributed by atoms with Crippen molar-refractivity contribution in [1.29, 1.82) is 0 Å². The van der Waals surface area contributed by atoms with Gasteiger partial charge in [-0.25, -0.2) is 9.18 Å². The first-order valence-electron chi connectivity index (χ1n) is 8.66. The van der Waals surface area contributed by atoms with E-state index in [1.165, 1.54) is 12.3 Å². The Hall–Kier alpha value is -2.61. The Balaban J connectivity index is 2.13. The van der Waals surface area contributed by atoms with E-state index in [9.17, 15) is 24.2 Å². The zero-order valence-corrected chi connectivity index (χ0v) is 14.5. The molecule has 0 unspecified atom stereocenters. The minimum atomic E-state index is -1.37. The van der Waals surface area contributed by atoms with E-state index >= 15 is 0 Å². The Morgan fingerprint density at radius 3 is 2.62 bits per heavy atom. The van der Waals surface area contributed by atoms with Crippen LogP contribution in [0.15, 0.2) is 17.1 Å². The van der Waals surface area contributed by atoms with Crippen LogP contribution in [-0.4, -0.2) is 32.9 Å². The first kappa shape index (κ1) is 18.2. The molecule has 3 rings (SSSR count). The fourth-order valence-electron chi connectivity index (χ4n) is 3.51. The number of carbonyl (C=O) groups is 1. The van der Waals surface area contributed by atoms with Crippen LogP contribution in [0, 0.1) is 5.82 Å². The predicted octanol–water partition coefficient (Wildman–Crippen LogP) is 2.16. The van der Waals surface area contributed by atoms with Crippen molar-refractivity contribution in [3.05, 3.63) is 33.9 Å². The van der Waals surface area contributed by atoms with Crippen LogP contribution in [0.3, 0.4) is 0 Å². The normalized spacial score (nSPS) is 20.3. The number of carboxylic acid groups (broad SMARTS) is 1. The van der Waals surface area contributed by atoms with E-state index in [1.807, 2.05) is 0 Å². The van der Waals surface area contributed by atoms with Crippen LogP contribution in [0.5, 0.6) is 0 Å². The van der Waals surface area contributed by atoms with Gasteiger partial charge < -0.3 is 25.8 Å². The molecule has 0 saturated heterocycles. The summed E-state index contributed by atoms with van der Waals surface area (Å²) >= 11 is 0. The number of aryl methyl sites for hydroxylation is 1. The molecule has 1 fully saturated rings. The summed E-state index contributed by atoms with van der Waals surface area (Å²) in [5.74, 6) is -2.13.